The Hall–Kier alpha value is -4.21. The highest BCUT2D eigenvalue weighted by atomic mass is 19.1. The molecular formula is C25H29FN8O. The van der Waals surface area contributed by atoms with Gasteiger partial charge in [-0.3, -0.25) is 15.6 Å². The van der Waals surface area contributed by atoms with Gasteiger partial charge in [0, 0.05) is 43.5 Å². The Morgan fingerprint density at radius 3 is 2.17 bits per heavy atom. The number of rotatable bonds is 4. The third-order valence-electron chi connectivity index (χ3n) is 6.36. The van der Waals surface area contributed by atoms with E-state index in [1.807, 2.05) is 25.1 Å². The predicted octanol–water partition coefficient (Wildman–Crippen LogP) is 2.75. The molecule has 3 heterocycles. The standard InChI is InChI=1S/C25H29FN8O/c1-15-12-19(16-4-8-33(9-5-16)24(27)28)14-31-22(15)32-23(35)18-2-3-20(21(26)13-18)17-6-10-34(11-7-17)25(29)30/h2-4,6,12-14H,5,7-11H2,1H3,(H3,27,28)(H3,29,30)(H,31,32,35). The van der Waals surface area contributed by atoms with Crippen molar-refractivity contribution < 1.29 is 9.18 Å². The summed E-state index contributed by atoms with van der Waals surface area (Å²) >= 11 is 0. The fourth-order valence-corrected chi connectivity index (χ4v) is 4.26. The van der Waals surface area contributed by atoms with Crippen molar-refractivity contribution in [3.05, 3.63) is 70.7 Å². The number of nitrogens with one attached hydrogen (secondary N) is 3. The maximum Gasteiger partial charge on any atom is 0.256 e. The molecule has 182 valence electrons. The van der Waals surface area contributed by atoms with Crippen molar-refractivity contribution in [3.63, 3.8) is 0 Å². The topological polar surface area (TPSA) is 148 Å². The van der Waals surface area contributed by atoms with E-state index in [1.165, 1.54) is 6.07 Å². The van der Waals surface area contributed by atoms with Crippen molar-refractivity contribution in [1.82, 2.24) is 14.8 Å². The number of nitrogens with zero attached hydrogens (tertiary/aromatic N) is 3. The molecule has 0 saturated carbocycles. The Kier molecular flexibility index (Phi) is 6.81. The minimum atomic E-state index is -0.468. The summed E-state index contributed by atoms with van der Waals surface area (Å²) < 4.78 is 14.9. The predicted molar refractivity (Wildman–Crippen MR) is 135 cm³/mol. The van der Waals surface area contributed by atoms with Gasteiger partial charge < -0.3 is 26.6 Å². The Morgan fingerprint density at radius 1 is 1.03 bits per heavy atom. The number of nitrogens with two attached hydrogens (primary N) is 2. The summed E-state index contributed by atoms with van der Waals surface area (Å²) in [7, 11) is 0. The van der Waals surface area contributed by atoms with Crippen LogP contribution in [0.4, 0.5) is 10.2 Å². The van der Waals surface area contributed by atoms with E-state index in [1.54, 1.807) is 28.1 Å². The number of guanidine groups is 2. The summed E-state index contributed by atoms with van der Waals surface area (Å²) in [6.45, 7) is 4.12. The van der Waals surface area contributed by atoms with Crippen molar-refractivity contribution in [3.8, 4) is 0 Å². The molecule has 1 amide bonds. The zero-order valence-electron chi connectivity index (χ0n) is 19.6. The maximum absolute atomic E-state index is 14.9. The molecule has 0 aliphatic carbocycles. The van der Waals surface area contributed by atoms with Crippen LogP contribution in [-0.2, 0) is 0 Å². The number of aromatic nitrogens is 1. The number of pyridine rings is 1. The van der Waals surface area contributed by atoms with Crippen molar-refractivity contribution in [2.24, 2.45) is 11.5 Å². The average Bonchev–Trinajstić information content (AvgIpc) is 2.85. The molecule has 1 aromatic carbocycles. The lowest BCUT2D eigenvalue weighted by Gasteiger charge is -2.26. The van der Waals surface area contributed by atoms with Gasteiger partial charge in [0.15, 0.2) is 11.9 Å². The molecule has 2 aliphatic heterocycles. The number of carbonyl (C=O) groups is 1. The Balaban J connectivity index is 1.44. The van der Waals surface area contributed by atoms with Crippen LogP contribution < -0.4 is 16.8 Å². The molecule has 0 radical (unpaired) electrons. The lowest BCUT2D eigenvalue weighted by molar-refractivity contribution is 0.102. The first-order valence-electron chi connectivity index (χ1n) is 11.4. The number of hydrogen-bond donors (Lipinski definition) is 5. The normalized spacial score (nSPS) is 15.8. The van der Waals surface area contributed by atoms with Crippen molar-refractivity contribution in [2.45, 2.75) is 19.8 Å². The van der Waals surface area contributed by atoms with E-state index in [9.17, 15) is 9.18 Å². The zero-order chi connectivity index (χ0) is 25.1. The van der Waals surface area contributed by atoms with Crippen LogP contribution in [0.3, 0.4) is 0 Å². The summed E-state index contributed by atoms with van der Waals surface area (Å²) in [5.74, 6) is -0.423. The smallest absolute Gasteiger partial charge is 0.256 e. The Bertz CT molecular complexity index is 1250. The van der Waals surface area contributed by atoms with Crippen LogP contribution in [0.2, 0.25) is 0 Å². The molecule has 0 spiro atoms. The van der Waals surface area contributed by atoms with Gasteiger partial charge in [-0.05, 0) is 60.2 Å². The molecule has 4 rings (SSSR count). The van der Waals surface area contributed by atoms with Gasteiger partial charge in [-0.15, -0.1) is 0 Å². The van der Waals surface area contributed by atoms with Gasteiger partial charge in [-0.2, -0.15) is 0 Å². The quantitative estimate of drug-likeness (QED) is 0.338. The van der Waals surface area contributed by atoms with Crippen molar-refractivity contribution >= 4 is 34.8 Å². The molecule has 2 aromatic rings. The SMILES string of the molecule is Cc1cc(C2=CCN(C(=N)N)CC2)cnc1NC(=O)c1ccc(C2=CCN(C(=N)N)CC2)c(F)c1. The van der Waals surface area contributed by atoms with Gasteiger partial charge in [0.2, 0.25) is 0 Å². The second-order valence-electron chi connectivity index (χ2n) is 8.66. The van der Waals surface area contributed by atoms with E-state index >= 15 is 0 Å². The first-order valence-corrected chi connectivity index (χ1v) is 11.4. The monoisotopic (exact) mass is 476 g/mol. The molecule has 35 heavy (non-hydrogen) atoms. The van der Waals surface area contributed by atoms with Crippen LogP contribution in [0, 0.1) is 23.6 Å². The third-order valence-corrected chi connectivity index (χ3v) is 6.36. The molecule has 0 unspecified atom stereocenters. The molecule has 0 saturated heterocycles. The highest BCUT2D eigenvalue weighted by Crippen LogP contribution is 2.27. The molecule has 0 bridgehead atoms. The summed E-state index contributed by atoms with van der Waals surface area (Å²) in [5.41, 5.74) is 15.4. The lowest BCUT2D eigenvalue weighted by atomic mass is 9.97. The maximum atomic E-state index is 14.9. The van der Waals surface area contributed by atoms with Crippen LogP contribution in [0.1, 0.15) is 39.9 Å². The van der Waals surface area contributed by atoms with Crippen LogP contribution in [-0.4, -0.2) is 58.8 Å². The van der Waals surface area contributed by atoms with E-state index in [4.69, 9.17) is 22.3 Å². The van der Waals surface area contributed by atoms with Crippen LogP contribution in [0.25, 0.3) is 11.1 Å². The second kappa shape index (κ2) is 9.96. The zero-order valence-corrected chi connectivity index (χ0v) is 19.6. The molecule has 7 N–H and O–H groups in total. The first kappa shape index (κ1) is 23.9. The molecule has 2 aliphatic rings. The van der Waals surface area contributed by atoms with Crippen molar-refractivity contribution in [1.29, 1.82) is 10.8 Å². The van der Waals surface area contributed by atoms with Crippen LogP contribution in [0.5, 0.6) is 0 Å². The molecule has 10 heteroatoms. The van der Waals surface area contributed by atoms with E-state index in [2.05, 4.69) is 10.3 Å². The highest BCUT2D eigenvalue weighted by Gasteiger charge is 2.19. The van der Waals surface area contributed by atoms with Crippen LogP contribution in [0.15, 0.2) is 42.6 Å². The fraction of sp³-hybridized carbons (Fsp3) is 0.280. The third kappa shape index (κ3) is 5.32. The van der Waals surface area contributed by atoms with E-state index in [0.29, 0.717) is 44.0 Å². The second-order valence-corrected chi connectivity index (χ2v) is 8.66. The molecule has 1 aromatic heterocycles. The molecule has 0 fully saturated rings. The van der Waals surface area contributed by atoms with Gasteiger partial charge in [0.05, 0.1) is 0 Å². The van der Waals surface area contributed by atoms with Gasteiger partial charge in [-0.1, -0.05) is 18.2 Å². The van der Waals surface area contributed by atoms with E-state index in [0.717, 1.165) is 28.7 Å². The van der Waals surface area contributed by atoms with Crippen molar-refractivity contribution in [2.75, 3.05) is 31.5 Å². The lowest BCUT2D eigenvalue weighted by Crippen LogP contribution is -2.39. The summed E-state index contributed by atoms with van der Waals surface area (Å²) in [6, 6.07) is 6.41. The van der Waals surface area contributed by atoms with Gasteiger partial charge >= 0.3 is 0 Å². The molecule has 0 atom stereocenters. The Labute approximate surface area is 203 Å². The van der Waals surface area contributed by atoms with Gasteiger partial charge in [0.1, 0.15) is 11.6 Å². The van der Waals surface area contributed by atoms with Crippen LogP contribution >= 0.6 is 0 Å². The highest BCUT2D eigenvalue weighted by molar-refractivity contribution is 6.04. The van der Waals surface area contributed by atoms with Gasteiger partial charge in [0.25, 0.3) is 5.91 Å². The molecule has 9 nitrogen and oxygen atoms in total. The number of aryl methyl sites for hydroxylation is 1. The van der Waals surface area contributed by atoms with Gasteiger partial charge in [-0.25, -0.2) is 9.37 Å². The minimum absolute atomic E-state index is 0.000167. The molecular weight excluding hydrogens is 447 g/mol. The van der Waals surface area contributed by atoms with E-state index < -0.39 is 11.7 Å². The first-order chi connectivity index (χ1) is 16.7. The summed E-state index contributed by atoms with van der Waals surface area (Å²) in [6.07, 6.45) is 6.92. The Morgan fingerprint density at radius 2 is 1.66 bits per heavy atom. The number of hydrogen-bond acceptors (Lipinski definition) is 4. The number of amides is 1. The van der Waals surface area contributed by atoms with E-state index in [-0.39, 0.29) is 17.5 Å². The number of anilines is 1. The summed E-state index contributed by atoms with van der Waals surface area (Å²) in [4.78, 5) is 20.7. The summed E-state index contributed by atoms with van der Waals surface area (Å²) in [5, 5.41) is 17.8. The average molecular weight is 477 g/mol. The number of halogens is 1. The fourth-order valence-electron chi connectivity index (χ4n) is 4.26. The minimum Gasteiger partial charge on any atom is -0.370 e. The number of benzene rings is 1. The largest absolute Gasteiger partial charge is 0.370 e. The number of carbonyl (C=O) groups excluding carboxylic acids is 1.